The molecule has 0 saturated carbocycles. The second kappa shape index (κ2) is 35.1. The molecule has 9 atom stereocenters. The topological polar surface area (TPSA) is 495 Å². The third kappa shape index (κ3) is 23.9. The van der Waals surface area contributed by atoms with Crippen molar-refractivity contribution in [3.05, 3.63) is 35.9 Å². The molecule has 0 radical (unpaired) electrons. The van der Waals surface area contributed by atoms with Crippen LogP contribution in [-0.4, -0.2) is 185 Å². The predicted molar refractivity (Wildman–Crippen MR) is 279 cm³/mol. The lowest BCUT2D eigenvalue weighted by molar-refractivity contribution is -0.143. The number of primary amides is 2. The van der Waals surface area contributed by atoms with E-state index in [1.807, 2.05) is 0 Å². The van der Waals surface area contributed by atoms with Gasteiger partial charge in [-0.3, -0.25) is 52.7 Å². The van der Waals surface area contributed by atoms with Crippen molar-refractivity contribution in [2.45, 2.75) is 152 Å². The molecule has 0 unspecified atom stereocenters. The van der Waals surface area contributed by atoms with Gasteiger partial charge < -0.3 is 91.4 Å². The highest BCUT2D eigenvalue weighted by molar-refractivity contribution is 5.99. The average molecular weight is 1110 g/mol. The van der Waals surface area contributed by atoms with Crippen molar-refractivity contribution in [1.29, 1.82) is 0 Å². The van der Waals surface area contributed by atoms with Crippen LogP contribution >= 0.6 is 0 Å². The minimum atomic E-state index is -1.82. The molecule has 1 aromatic carbocycles. The van der Waals surface area contributed by atoms with Crippen molar-refractivity contribution < 1.29 is 72.9 Å². The van der Waals surface area contributed by atoms with Crippen LogP contribution in [0.4, 0.5) is 0 Å². The van der Waals surface area contributed by atoms with Crippen molar-refractivity contribution in [3.63, 3.8) is 0 Å². The fourth-order valence-corrected chi connectivity index (χ4v) is 8.18. The molecule has 1 fully saturated rings. The number of nitrogens with one attached hydrogen (secondary N) is 8. The SMILES string of the molecule is CC(C)C[C@H](NC(=O)[C@@H]1CCCN1C(=O)[C@@H](N)CCCCN)C(=O)N[C@@H](CCCCN)C(=O)N[C@@H](CC(N)=O)C(=O)NCC(=O)N[C@@H](CO)C(=O)N[C@@H](CCC(N)=O)C(=O)N[C@@H](Cc1ccccc1)C(=O)N[C@@H](CO)C(=O)O. The monoisotopic (exact) mass is 1100 g/mol. The molecule has 11 amide bonds. The lowest BCUT2D eigenvalue weighted by atomic mass is 10.0. The van der Waals surface area contributed by atoms with E-state index in [4.69, 9.17) is 28.7 Å². The van der Waals surface area contributed by atoms with E-state index in [9.17, 15) is 72.9 Å². The summed E-state index contributed by atoms with van der Waals surface area (Å²) in [7, 11) is 0. The zero-order valence-electron chi connectivity index (χ0n) is 44.2. The summed E-state index contributed by atoms with van der Waals surface area (Å²) in [5, 5.41) is 47.8. The number of amides is 11. The van der Waals surface area contributed by atoms with Crippen molar-refractivity contribution >= 4 is 70.9 Å². The number of nitrogens with two attached hydrogens (primary N) is 5. The fourth-order valence-electron chi connectivity index (χ4n) is 8.18. The van der Waals surface area contributed by atoms with Crippen LogP contribution in [0.5, 0.6) is 0 Å². The van der Waals surface area contributed by atoms with Gasteiger partial charge >= 0.3 is 5.97 Å². The number of unbranched alkanes of at least 4 members (excludes halogenated alkanes) is 2. The number of rotatable bonds is 37. The zero-order valence-corrected chi connectivity index (χ0v) is 44.2. The Morgan fingerprint density at radius 1 is 0.615 bits per heavy atom. The lowest BCUT2D eigenvalue weighted by Crippen LogP contribution is -2.60. The Morgan fingerprint density at radius 3 is 1.69 bits per heavy atom. The minimum Gasteiger partial charge on any atom is -0.480 e. The summed E-state index contributed by atoms with van der Waals surface area (Å²) in [6.45, 7) is 1.55. The highest BCUT2D eigenvalue weighted by atomic mass is 16.4. The maximum Gasteiger partial charge on any atom is 0.328 e. The number of carboxylic acids is 1. The van der Waals surface area contributed by atoms with Crippen LogP contribution in [0, 0.1) is 5.92 Å². The van der Waals surface area contributed by atoms with Crippen molar-refractivity contribution in [2.75, 3.05) is 39.4 Å². The van der Waals surface area contributed by atoms with Gasteiger partial charge in [-0.1, -0.05) is 50.6 Å². The Balaban J connectivity index is 2.22. The van der Waals surface area contributed by atoms with Crippen LogP contribution in [0.25, 0.3) is 0 Å². The number of hydrogen-bond donors (Lipinski definition) is 16. The smallest absolute Gasteiger partial charge is 0.328 e. The second-order valence-electron chi connectivity index (χ2n) is 19.3. The molecule has 1 heterocycles. The third-order valence-corrected chi connectivity index (χ3v) is 12.4. The Hall–Kier alpha value is -7.34. The Morgan fingerprint density at radius 2 is 1.14 bits per heavy atom. The summed E-state index contributed by atoms with van der Waals surface area (Å²) in [5.41, 5.74) is 28.6. The van der Waals surface area contributed by atoms with Gasteiger partial charge in [0.15, 0.2) is 0 Å². The number of aliphatic carboxylic acids is 1. The largest absolute Gasteiger partial charge is 0.480 e. The molecule has 29 nitrogen and oxygen atoms in total. The molecular formula is C49H80N14O15. The van der Waals surface area contributed by atoms with Crippen molar-refractivity contribution in [2.24, 2.45) is 34.6 Å². The van der Waals surface area contributed by atoms with E-state index >= 15 is 0 Å². The Bertz CT molecular complexity index is 2210. The van der Waals surface area contributed by atoms with Crippen LogP contribution in [0.2, 0.25) is 0 Å². The Kier molecular flexibility index (Phi) is 30.1. The zero-order chi connectivity index (χ0) is 58.5. The van der Waals surface area contributed by atoms with Crippen LogP contribution in [-0.2, 0) is 64.0 Å². The number of carboxylic acid groups (broad SMARTS) is 1. The van der Waals surface area contributed by atoms with Crippen LogP contribution < -0.4 is 71.2 Å². The first-order chi connectivity index (χ1) is 37.0. The summed E-state index contributed by atoms with van der Waals surface area (Å²) < 4.78 is 0. The molecule has 2 rings (SSSR count). The van der Waals surface area contributed by atoms with E-state index in [2.05, 4.69) is 42.5 Å². The highest BCUT2D eigenvalue weighted by Gasteiger charge is 2.39. The van der Waals surface area contributed by atoms with Crippen LogP contribution in [0.3, 0.4) is 0 Å². The van der Waals surface area contributed by atoms with Gasteiger partial charge in [0.2, 0.25) is 65.0 Å². The normalized spacial score (nSPS) is 16.1. The molecule has 0 aliphatic carbocycles. The quantitative estimate of drug-likeness (QED) is 0.0276. The van der Waals surface area contributed by atoms with E-state index in [-0.39, 0.29) is 38.3 Å². The highest BCUT2D eigenvalue weighted by Crippen LogP contribution is 2.20. The summed E-state index contributed by atoms with van der Waals surface area (Å²) in [6, 6.07) is -4.61. The number of hydrogen-bond acceptors (Lipinski definition) is 17. The van der Waals surface area contributed by atoms with E-state index in [1.165, 1.54) is 4.90 Å². The molecule has 78 heavy (non-hydrogen) atoms. The third-order valence-electron chi connectivity index (χ3n) is 12.4. The molecule has 1 saturated heterocycles. The van der Waals surface area contributed by atoms with Gasteiger partial charge in [-0.25, -0.2) is 4.79 Å². The standard InChI is InChI=1S/C49H80N14O15/c1-27(2)21-32(61-47(75)37-15-10-20-63(37)48(76)29(52)13-6-8-18-50)44(72)57-30(14-7-9-19-51)42(70)60-34(23-39(54)67)41(69)55-24-40(68)56-35(25-64)46(74)58-31(16-17-38(53)66)43(71)59-33(22-28-11-4-3-5-12-28)45(73)62-36(26-65)49(77)78/h3-5,11-12,27,29-37,64-65H,6-10,13-26,50-52H2,1-2H3,(H2,53,66)(H2,54,67)(H,55,69)(H,56,68)(H,57,72)(H,58,74)(H,59,71)(H,60,70)(H,61,75)(H,62,73)(H,77,78)/t29-,30-,31-,32-,33-,34-,35-,36-,37-/m0/s1. The lowest BCUT2D eigenvalue weighted by Gasteiger charge is -2.29. The number of likely N-dealkylation sites (tertiary alicyclic amines) is 1. The molecule has 1 aliphatic rings. The number of benzene rings is 1. The molecule has 436 valence electrons. The minimum absolute atomic E-state index is 0.0194. The first-order valence-corrected chi connectivity index (χ1v) is 25.9. The molecule has 21 N–H and O–H groups in total. The van der Waals surface area contributed by atoms with Crippen LogP contribution in [0.15, 0.2) is 30.3 Å². The number of carbonyl (C=O) groups excluding carboxylic acids is 11. The molecule has 0 aromatic heterocycles. The van der Waals surface area contributed by atoms with E-state index in [0.717, 1.165) is 0 Å². The fraction of sp³-hybridized carbons (Fsp3) is 0.633. The summed E-state index contributed by atoms with van der Waals surface area (Å²) in [4.78, 5) is 159. The Labute approximate surface area is 451 Å². The van der Waals surface area contributed by atoms with Crippen molar-refractivity contribution in [3.8, 4) is 0 Å². The molecule has 1 aromatic rings. The van der Waals surface area contributed by atoms with E-state index in [1.54, 1.807) is 44.2 Å². The number of carbonyl (C=O) groups is 12. The van der Waals surface area contributed by atoms with Gasteiger partial charge in [0.05, 0.1) is 32.2 Å². The van der Waals surface area contributed by atoms with Gasteiger partial charge in [-0.15, -0.1) is 0 Å². The summed E-state index contributed by atoms with van der Waals surface area (Å²) in [5.74, 6) is -11.9. The molecular weight excluding hydrogens is 1020 g/mol. The van der Waals surface area contributed by atoms with E-state index < -0.39 is 164 Å². The first kappa shape index (κ1) is 66.8. The first-order valence-electron chi connectivity index (χ1n) is 25.9. The molecule has 29 heteroatoms. The molecule has 0 bridgehead atoms. The predicted octanol–water partition coefficient (Wildman–Crippen LogP) is -6.43. The maximum absolute atomic E-state index is 14.0. The van der Waals surface area contributed by atoms with Crippen LogP contribution in [0.1, 0.15) is 96.5 Å². The number of nitrogens with zero attached hydrogens (tertiary/aromatic N) is 1. The summed E-state index contributed by atoms with van der Waals surface area (Å²) in [6.07, 6.45) is 1.39. The molecule has 0 spiro atoms. The van der Waals surface area contributed by atoms with Gasteiger partial charge in [0, 0.05) is 19.4 Å². The average Bonchev–Trinajstić information content (AvgIpc) is 3.89. The summed E-state index contributed by atoms with van der Waals surface area (Å²) >= 11 is 0. The maximum atomic E-state index is 14.0. The molecule has 1 aliphatic heterocycles. The number of aliphatic hydroxyl groups is 2. The van der Waals surface area contributed by atoms with Crippen molar-refractivity contribution in [1.82, 2.24) is 47.4 Å². The van der Waals surface area contributed by atoms with Gasteiger partial charge in [0.1, 0.15) is 48.3 Å². The number of aliphatic hydroxyl groups excluding tert-OH is 2. The van der Waals surface area contributed by atoms with Gasteiger partial charge in [-0.05, 0) is 82.4 Å². The van der Waals surface area contributed by atoms with E-state index in [0.29, 0.717) is 57.1 Å². The second-order valence-corrected chi connectivity index (χ2v) is 19.3. The van der Waals surface area contributed by atoms with Gasteiger partial charge in [0.25, 0.3) is 0 Å². The van der Waals surface area contributed by atoms with Gasteiger partial charge in [-0.2, -0.15) is 0 Å².